The molecule has 0 aliphatic carbocycles. The van der Waals surface area contributed by atoms with Crippen molar-refractivity contribution in [1.29, 1.82) is 0 Å². The number of benzene rings is 2. The second kappa shape index (κ2) is 10.9. The minimum atomic E-state index is -0.820. The first-order chi connectivity index (χ1) is 19.2. The number of ether oxygens (including phenoxy) is 2. The molecule has 0 saturated carbocycles. The fourth-order valence-corrected chi connectivity index (χ4v) is 5.79. The number of non-ortho nitro benzene ring substituents is 1. The van der Waals surface area contributed by atoms with Crippen LogP contribution in [-0.2, 0) is 9.53 Å². The summed E-state index contributed by atoms with van der Waals surface area (Å²) in [6, 6.07) is 13.8. The quantitative estimate of drug-likeness (QED) is 0.177. The molecule has 204 valence electrons. The molecule has 1 atom stereocenters. The molecular weight excluding hydrogens is 558 g/mol. The molecule has 3 heterocycles. The summed E-state index contributed by atoms with van der Waals surface area (Å²) in [6.07, 6.45) is 1.58. The summed E-state index contributed by atoms with van der Waals surface area (Å²) < 4.78 is 18.6. The van der Waals surface area contributed by atoms with Crippen molar-refractivity contribution in [3.8, 4) is 17.1 Å². The molecule has 2 aromatic heterocycles. The van der Waals surface area contributed by atoms with E-state index >= 15 is 0 Å². The van der Waals surface area contributed by atoms with E-state index in [4.69, 9.17) is 25.5 Å². The smallest absolute Gasteiger partial charge is 0.338 e. The number of thiazole rings is 1. The number of hydrogen-bond donors (Lipinski definition) is 0. The molecular formula is C28H22ClN3O7S. The third-order valence-electron chi connectivity index (χ3n) is 6.28. The number of hydrogen-bond acceptors (Lipinski definition) is 9. The van der Waals surface area contributed by atoms with Gasteiger partial charge in [0, 0.05) is 29.3 Å². The first kappa shape index (κ1) is 27.1. The van der Waals surface area contributed by atoms with Crippen LogP contribution < -0.4 is 19.6 Å². The molecule has 10 nitrogen and oxygen atoms in total. The van der Waals surface area contributed by atoms with Crippen LogP contribution in [0.25, 0.3) is 17.4 Å². The number of methoxy groups -OCH3 is 1. The van der Waals surface area contributed by atoms with E-state index in [0.29, 0.717) is 43.4 Å². The molecule has 0 N–H and O–H groups in total. The lowest BCUT2D eigenvalue weighted by Crippen LogP contribution is -2.40. The summed E-state index contributed by atoms with van der Waals surface area (Å²) >= 11 is 7.41. The number of esters is 1. The minimum absolute atomic E-state index is 0.135. The van der Waals surface area contributed by atoms with E-state index < -0.39 is 16.9 Å². The van der Waals surface area contributed by atoms with E-state index in [0.717, 1.165) is 11.3 Å². The van der Waals surface area contributed by atoms with Gasteiger partial charge in [-0.1, -0.05) is 41.1 Å². The molecule has 40 heavy (non-hydrogen) atoms. The Balaban J connectivity index is 1.63. The number of nitrogens with zero attached hydrogens (tertiary/aromatic N) is 3. The Labute approximate surface area is 236 Å². The Bertz CT molecular complexity index is 1870. The highest BCUT2D eigenvalue weighted by molar-refractivity contribution is 7.07. The number of rotatable bonds is 7. The molecule has 2 aromatic carbocycles. The van der Waals surface area contributed by atoms with Gasteiger partial charge in [0.15, 0.2) is 4.80 Å². The fraction of sp³-hybridized carbons (Fsp3) is 0.179. The third-order valence-corrected chi connectivity index (χ3v) is 7.58. The van der Waals surface area contributed by atoms with Gasteiger partial charge in [0.1, 0.15) is 23.3 Å². The number of aromatic nitrogens is 1. The fourth-order valence-electron chi connectivity index (χ4n) is 4.50. The van der Waals surface area contributed by atoms with E-state index in [1.807, 2.05) is 0 Å². The van der Waals surface area contributed by atoms with Gasteiger partial charge >= 0.3 is 5.97 Å². The maximum absolute atomic E-state index is 13.8. The van der Waals surface area contributed by atoms with Crippen LogP contribution in [0.3, 0.4) is 0 Å². The van der Waals surface area contributed by atoms with Gasteiger partial charge in [-0.25, -0.2) is 9.79 Å². The van der Waals surface area contributed by atoms with Gasteiger partial charge in [0.25, 0.3) is 11.2 Å². The van der Waals surface area contributed by atoms with Crippen LogP contribution in [0.5, 0.6) is 5.75 Å². The summed E-state index contributed by atoms with van der Waals surface area (Å²) in [4.78, 5) is 42.3. The lowest BCUT2D eigenvalue weighted by molar-refractivity contribution is -0.384. The predicted octanol–water partition coefficient (Wildman–Crippen LogP) is 4.63. The number of fused-ring (bicyclic) bond motifs is 1. The van der Waals surface area contributed by atoms with Crippen molar-refractivity contribution in [2.75, 3.05) is 13.7 Å². The Morgan fingerprint density at radius 2 is 2.02 bits per heavy atom. The van der Waals surface area contributed by atoms with E-state index in [9.17, 15) is 19.7 Å². The zero-order chi connectivity index (χ0) is 28.6. The monoisotopic (exact) mass is 579 g/mol. The SMILES string of the molecule is CCOC(=O)C1=C(C)N=c2s/c(=C/c3ccc(-c4ccc([N+](=O)[O-])cc4Cl)o3)c(=O)n2[C@H]1c1ccccc1OC. The number of halogens is 1. The summed E-state index contributed by atoms with van der Waals surface area (Å²) in [5.41, 5.74) is 1.26. The molecule has 1 aliphatic heterocycles. The van der Waals surface area contributed by atoms with Crippen LogP contribution in [0.2, 0.25) is 5.02 Å². The summed E-state index contributed by atoms with van der Waals surface area (Å²) in [6.45, 7) is 3.58. The molecule has 1 aliphatic rings. The maximum atomic E-state index is 13.8. The van der Waals surface area contributed by atoms with Crippen LogP contribution in [-0.4, -0.2) is 29.2 Å². The highest BCUT2D eigenvalue weighted by Gasteiger charge is 2.35. The number of nitro benzene ring substituents is 1. The molecule has 5 rings (SSSR count). The molecule has 0 bridgehead atoms. The molecule has 0 unspecified atom stereocenters. The van der Waals surface area contributed by atoms with E-state index in [1.54, 1.807) is 56.3 Å². The average Bonchev–Trinajstić information content (AvgIpc) is 3.51. The standard InChI is InChI=1S/C28H22ClN3O7S/c1-4-38-27(34)24-15(2)30-28-31(25(24)19-7-5-6-8-21(19)37-3)26(33)23(40-28)14-17-10-12-22(39-17)18-11-9-16(32(35)36)13-20(18)29/h5-14,25H,4H2,1-3H3/b23-14+/t25-/m0/s1. The van der Waals surface area contributed by atoms with Gasteiger partial charge in [-0.05, 0) is 38.1 Å². The lowest BCUT2D eigenvalue weighted by Gasteiger charge is -2.25. The van der Waals surface area contributed by atoms with Gasteiger partial charge in [0.2, 0.25) is 0 Å². The Kier molecular flexibility index (Phi) is 7.42. The first-order valence-electron chi connectivity index (χ1n) is 12.1. The maximum Gasteiger partial charge on any atom is 0.338 e. The first-order valence-corrected chi connectivity index (χ1v) is 13.3. The van der Waals surface area contributed by atoms with E-state index in [2.05, 4.69) is 4.99 Å². The second-order valence-electron chi connectivity index (χ2n) is 8.67. The van der Waals surface area contributed by atoms with Crippen molar-refractivity contribution in [2.45, 2.75) is 19.9 Å². The minimum Gasteiger partial charge on any atom is -0.496 e. The van der Waals surface area contributed by atoms with E-state index in [1.165, 1.54) is 29.9 Å². The predicted molar refractivity (Wildman–Crippen MR) is 149 cm³/mol. The van der Waals surface area contributed by atoms with Gasteiger partial charge in [-0.3, -0.25) is 19.5 Å². The van der Waals surface area contributed by atoms with Crippen LogP contribution >= 0.6 is 22.9 Å². The number of furan rings is 1. The number of carbonyl (C=O) groups is 1. The van der Waals surface area contributed by atoms with Gasteiger partial charge in [-0.2, -0.15) is 0 Å². The third kappa shape index (κ3) is 4.85. The molecule has 0 amide bonds. The molecule has 0 radical (unpaired) electrons. The van der Waals surface area contributed by atoms with Gasteiger partial charge < -0.3 is 13.9 Å². The normalized spacial score (nSPS) is 15.0. The van der Waals surface area contributed by atoms with Crippen LogP contribution in [0.15, 0.2) is 80.1 Å². The molecule has 0 saturated heterocycles. The summed E-state index contributed by atoms with van der Waals surface area (Å²) in [5.74, 6) is 0.690. The summed E-state index contributed by atoms with van der Waals surface area (Å²) in [5, 5.41) is 11.2. The van der Waals surface area contributed by atoms with Gasteiger partial charge in [-0.15, -0.1) is 0 Å². The lowest BCUT2D eigenvalue weighted by atomic mass is 9.95. The number of allylic oxidation sites excluding steroid dienone is 1. The average molecular weight is 580 g/mol. The Morgan fingerprint density at radius 1 is 1.25 bits per heavy atom. The molecule has 0 fully saturated rings. The Hall–Kier alpha value is -4.48. The molecule has 12 heteroatoms. The van der Waals surface area contributed by atoms with Crippen LogP contribution in [0.1, 0.15) is 31.2 Å². The second-order valence-corrected chi connectivity index (χ2v) is 10.1. The number of carbonyl (C=O) groups excluding carboxylic acids is 1. The molecule has 0 spiro atoms. The Morgan fingerprint density at radius 3 is 2.73 bits per heavy atom. The topological polar surface area (TPSA) is 126 Å². The van der Waals surface area contributed by atoms with Crippen molar-refractivity contribution >= 4 is 40.7 Å². The van der Waals surface area contributed by atoms with Crippen molar-refractivity contribution in [1.82, 2.24) is 4.57 Å². The largest absolute Gasteiger partial charge is 0.496 e. The number of para-hydroxylation sites is 1. The highest BCUT2D eigenvalue weighted by Crippen LogP contribution is 2.36. The van der Waals surface area contributed by atoms with Crippen molar-refractivity contribution < 1.29 is 23.6 Å². The number of nitro groups is 1. The van der Waals surface area contributed by atoms with E-state index in [-0.39, 0.29) is 28.4 Å². The highest BCUT2D eigenvalue weighted by atomic mass is 35.5. The van der Waals surface area contributed by atoms with Gasteiger partial charge in [0.05, 0.1) is 39.5 Å². The van der Waals surface area contributed by atoms with Crippen molar-refractivity contribution in [2.24, 2.45) is 4.99 Å². The van der Waals surface area contributed by atoms with Crippen molar-refractivity contribution in [3.63, 3.8) is 0 Å². The van der Waals surface area contributed by atoms with Crippen molar-refractivity contribution in [3.05, 3.63) is 112 Å². The zero-order valence-corrected chi connectivity index (χ0v) is 23.1. The van der Waals surface area contributed by atoms with Crippen LogP contribution in [0, 0.1) is 10.1 Å². The zero-order valence-electron chi connectivity index (χ0n) is 21.5. The molecule has 4 aromatic rings. The summed E-state index contributed by atoms with van der Waals surface area (Å²) in [7, 11) is 1.52. The van der Waals surface area contributed by atoms with Crippen LogP contribution in [0.4, 0.5) is 5.69 Å².